The van der Waals surface area contributed by atoms with Gasteiger partial charge in [-0.15, -0.1) is 11.6 Å². The predicted octanol–water partition coefficient (Wildman–Crippen LogP) is 0.429. The van der Waals surface area contributed by atoms with Crippen LogP contribution in [0.5, 0.6) is 0 Å². The van der Waals surface area contributed by atoms with Gasteiger partial charge in [0, 0.05) is 12.4 Å². The number of rotatable bonds is 2. The van der Waals surface area contributed by atoms with Crippen molar-refractivity contribution in [1.82, 2.24) is 15.8 Å². The fourth-order valence-corrected chi connectivity index (χ4v) is 1.92. The van der Waals surface area contributed by atoms with Crippen LogP contribution in [-0.2, 0) is 4.79 Å². The Balaban J connectivity index is 2.24. The topological polar surface area (TPSA) is 77.2 Å². The van der Waals surface area contributed by atoms with E-state index < -0.39 is 17.4 Å². The summed E-state index contributed by atoms with van der Waals surface area (Å²) in [4.78, 5) is 13.8. The number of carboxylic acids is 1. The van der Waals surface area contributed by atoms with E-state index in [4.69, 9.17) is 16.7 Å². The Hall–Kier alpha value is -1.04. The lowest BCUT2D eigenvalue weighted by molar-refractivity contribution is -0.141. The summed E-state index contributed by atoms with van der Waals surface area (Å²) in [5.41, 5.74) is 5.86. The monoisotopic (exact) mass is 215 g/mol. The summed E-state index contributed by atoms with van der Waals surface area (Å²) in [7, 11) is 0. The van der Waals surface area contributed by atoms with E-state index in [1.54, 1.807) is 12.4 Å². The van der Waals surface area contributed by atoms with Crippen LogP contribution in [0.4, 0.5) is 0 Å². The van der Waals surface area contributed by atoms with Gasteiger partial charge in [0.2, 0.25) is 0 Å². The molecule has 5 nitrogen and oxygen atoms in total. The molecule has 0 radical (unpaired) electrons. The van der Waals surface area contributed by atoms with E-state index in [0.717, 1.165) is 5.56 Å². The molecule has 1 fully saturated rings. The first-order chi connectivity index (χ1) is 6.70. The Bertz CT molecular complexity index is 327. The van der Waals surface area contributed by atoms with Gasteiger partial charge < -0.3 is 10.1 Å². The second-order valence-corrected chi connectivity index (χ2v) is 3.65. The zero-order chi connectivity index (χ0) is 10.1. The number of alkyl halides is 1. The highest BCUT2D eigenvalue weighted by Gasteiger charge is 2.40. The molecule has 1 aliphatic rings. The fourth-order valence-electron chi connectivity index (χ4n) is 1.61. The number of hydrogen-bond donors (Lipinski definition) is 4. The maximum Gasteiger partial charge on any atom is 0.311 e. The molecule has 0 saturated carbocycles. The van der Waals surface area contributed by atoms with Crippen LogP contribution in [0.15, 0.2) is 18.5 Å². The molecule has 0 bridgehead atoms. The van der Waals surface area contributed by atoms with E-state index in [1.165, 1.54) is 0 Å². The van der Waals surface area contributed by atoms with Crippen LogP contribution in [0.25, 0.3) is 0 Å². The van der Waals surface area contributed by atoms with Crippen molar-refractivity contribution in [2.75, 3.05) is 0 Å². The van der Waals surface area contributed by atoms with Crippen LogP contribution in [-0.4, -0.2) is 21.6 Å². The number of aromatic nitrogens is 1. The number of nitrogens with one attached hydrogen (secondary N) is 3. The van der Waals surface area contributed by atoms with Gasteiger partial charge in [0.15, 0.2) is 0 Å². The summed E-state index contributed by atoms with van der Waals surface area (Å²) < 4.78 is 0. The van der Waals surface area contributed by atoms with Gasteiger partial charge in [-0.3, -0.25) is 4.79 Å². The number of H-pyrrole nitrogens is 1. The highest BCUT2D eigenvalue weighted by molar-refractivity contribution is 6.21. The molecule has 2 heterocycles. The zero-order valence-corrected chi connectivity index (χ0v) is 7.95. The van der Waals surface area contributed by atoms with Gasteiger partial charge in [-0.1, -0.05) is 0 Å². The van der Waals surface area contributed by atoms with Crippen molar-refractivity contribution in [3.63, 3.8) is 0 Å². The van der Waals surface area contributed by atoms with Gasteiger partial charge in [-0.2, -0.15) is 0 Å². The molecule has 0 aromatic carbocycles. The van der Waals surface area contributed by atoms with Crippen LogP contribution >= 0.6 is 11.6 Å². The quantitative estimate of drug-likeness (QED) is 0.426. The molecule has 2 rings (SSSR count). The van der Waals surface area contributed by atoms with Crippen molar-refractivity contribution in [3.8, 4) is 0 Å². The number of aromatic amines is 1. The Labute approximate surface area is 85.4 Å². The Morgan fingerprint density at radius 2 is 2.29 bits per heavy atom. The Morgan fingerprint density at radius 1 is 1.50 bits per heavy atom. The third-order valence-electron chi connectivity index (χ3n) is 2.32. The maximum atomic E-state index is 10.9. The SMILES string of the molecule is O=C(O)C1C(Cl)NNC1c1cc[nH]c1. The molecule has 0 amide bonds. The molecular formula is C8H10ClN3O2. The van der Waals surface area contributed by atoms with Gasteiger partial charge >= 0.3 is 5.97 Å². The van der Waals surface area contributed by atoms with E-state index in [2.05, 4.69) is 15.8 Å². The molecule has 0 spiro atoms. The van der Waals surface area contributed by atoms with Crippen molar-refractivity contribution in [3.05, 3.63) is 24.0 Å². The van der Waals surface area contributed by atoms with Crippen LogP contribution < -0.4 is 10.9 Å². The van der Waals surface area contributed by atoms with Crippen molar-refractivity contribution in [1.29, 1.82) is 0 Å². The third-order valence-corrected chi connectivity index (χ3v) is 2.70. The molecule has 76 valence electrons. The summed E-state index contributed by atoms with van der Waals surface area (Å²) in [6.07, 6.45) is 3.50. The summed E-state index contributed by atoms with van der Waals surface area (Å²) in [5.74, 6) is -1.57. The lowest BCUT2D eigenvalue weighted by Crippen LogP contribution is -2.28. The van der Waals surface area contributed by atoms with E-state index in [-0.39, 0.29) is 6.04 Å². The second-order valence-electron chi connectivity index (χ2n) is 3.18. The fraction of sp³-hybridized carbons (Fsp3) is 0.375. The van der Waals surface area contributed by atoms with Crippen molar-refractivity contribution in [2.45, 2.75) is 11.5 Å². The lowest BCUT2D eigenvalue weighted by Gasteiger charge is -2.13. The van der Waals surface area contributed by atoms with Crippen molar-refractivity contribution in [2.24, 2.45) is 5.92 Å². The summed E-state index contributed by atoms with van der Waals surface area (Å²) in [6.45, 7) is 0. The van der Waals surface area contributed by atoms with E-state index in [1.807, 2.05) is 6.07 Å². The number of carboxylic acid groups (broad SMARTS) is 1. The minimum atomic E-state index is -0.909. The number of halogens is 1. The number of aliphatic carboxylic acids is 1. The molecule has 0 aliphatic carbocycles. The van der Waals surface area contributed by atoms with Gasteiger partial charge in [0.05, 0.1) is 6.04 Å². The minimum Gasteiger partial charge on any atom is -0.481 e. The molecule has 1 aromatic heterocycles. The summed E-state index contributed by atoms with van der Waals surface area (Å²) in [5, 5.41) is 8.98. The minimum absolute atomic E-state index is 0.291. The molecule has 6 heteroatoms. The molecule has 1 aromatic rings. The van der Waals surface area contributed by atoms with E-state index in [0.29, 0.717) is 0 Å². The molecule has 3 atom stereocenters. The van der Waals surface area contributed by atoms with Crippen molar-refractivity contribution < 1.29 is 9.90 Å². The average Bonchev–Trinajstić information content (AvgIpc) is 2.70. The first kappa shape index (κ1) is 9.51. The molecule has 1 aliphatic heterocycles. The average molecular weight is 216 g/mol. The molecule has 4 N–H and O–H groups in total. The van der Waals surface area contributed by atoms with Gasteiger partial charge in [0.25, 0.3) is 0 Å². The normalized spacial score (nSPS) is 31.9. The van der Waals surface area contributed by atoms with Gasteiger partial charge in [-0.25, -0.2) is 10.9 Å². The van der Waals surface area contributed by atoms with Crippen LogP contribution in [0.1, 0.15) is 11.6 Å². The third kappa shape index (κ3) is 1.50. The van der Waals surface area contributed by atoms with Gasteiger partial charge in [-0.05, 0) is 11.6 Å². The number of carbonyl (C=O) groups is 1. The molecule has 3 unspecified atom stereocenters. The number of hydrogen-bond acceptors (Lipinski definition) is 3. The first-order valence-electron chi connectivity index (χ1n) is 4.21. The largest absolute Gasteiger partial charge is 0.481 e. The smallest absolute Gasteiger partial charge is 0.311 e. The Kier molecular flexibility index (Phi) is 2.45. The zero-order valence-electron chi connectivity index (χ0n) is 7.20. The van der Waals surface area contributed by atoms with Crippen LogP contribution in [0.2, 0.25) is 0 Å². The highest BCUT2D eigenvalue weighted by atomic mass is 35.5. The summed E-state index contributed by atoms with van der Waals surface area (Å²) >= 11 is 5.82. The Morgan fingerprint density at radius 3 is 2.86 bits per heavy atom. The van der Waals surface area contributed by atoms with Gasteiger partial charge in [0.1, 0.15) is 11.4 Å². The lowest BCUT2D eigenvalue weighted by atomic mass is 9.97. The standard InChI is InChI=1S/C8H10ClN3O2/c9-7-5(8(13)14)6(11-12-7)4-1-2-10-3-4/h1-3,5-7,10-12H,(H,13,14). The van der Waals surface area contributed by atoms with E-state index >= 15 is 0 Å². The van der Waals surface area contributed by atoms with E-state index in [9.17, 15) is 4.79 Å². The molecular weight excluding hydrogens is 206 g/mol. The molecule has 1 saturated heterocycles. The predicted molar refractivity (Wildman–Crippen MR) is 50.6 cm³/mol. The first-order valence-corrected chi connectivity index (χ1v) is 4.64. The highest BCUT2D eigenvalue weighted by Crippen LogP contribution is 2.30. The summed E-state index contributed by atoms with van der Waals surface area (Å²) in [6, 6.07) is 1.53. The molecule has 14 heavy (non-hydrogen) atoms. The maximum absolute atomic E-state index is 10.9. The second kappa shape index (κ2) is 3.61. The van der Waals surface area contributed by atoms with Crippen LogP contribution in [0, 0.1) is 5.92 Å². The number of hydrazine groups is 1. The van der Waals surface area contributed by atoms with Crippen molar-refractivity contribution >= 4 is 17.6 Å². The van der Waals surface area contributed by atoms with Crippen LogP contribution in [0.3, 0.4) is 0 Å².